The molecule has 0 saturated heterocycles. The highest BCUT2D eigenvalue weighted by Crippen LogP contribution is 2.37. The maximum absolute atomic E-state index is 13.3. The summed E-state index contributed by atoms with van der Waals surface area (Å²) in [6, 6.07) is 8.34. The van der Waals surface area contributed by atoms with Gasteiger partial charge in [-0.1, -0.05) is 26.0 Å². The quantitative estimate of drug-likeness (QED) is 0.411. The van der Waals surface area contributed by atoms with E-state index in [0.717, 1.165) is 33.0 Å². The van der Waals surface area contributed by atoms with E-state index < -0.39 is 0 Å². The average Bonchev–Trinajstić information content (AvgIpc) is 3.01. The van der Waals surface area contributed by atoms with Crippen LogP contribution in [0.15, 0.2) is 50.2 Å². The molecular formula is C22H19FO3. The Bertz CT molecular complexity index is 1190. The molecule has 2 heterocycles. The monoisotopic (exact) mass is 350 g/mol. The third-order valence-corrected chi connectivity index (χ3v) is 5.00. The molecule has 0 atom stereocenters. The van der Waals surface area contributed by atoms with Gasteiger partial charge in [-0.15, -0.1) is 0 Å². The SMILES string of the molecule is Cc1c(C(C)C)c(=O)oc2c(C)c3occ(-c4ccc(F)cc4)c3cc12. The van der Waals surface area contributed by atoms with Gasteiger partial charge in [-0.25, -0.2) is 9.18 Å². The fourth-order valence-corrected chi connectivity index (χ4v) is 3.69. The Hall–Kier alpha value is -2.88. The summed E-state index contributed by atoms with van der Waals surface area (Å²) in [5.41, 5.74) is 5.13. The molecule has 4 heteroatoms. The van der Waals surface area contributed by atoms with Crippen molar-refractivity contribution < 1.29 is 13.2 Å². The zero-order valence-electron chi connectivity index (χ0n) is 15.1. The normalized spacial score (nSPS) is 11.8. The molecule has 0 saturated carbocycles. The first-order valence-electron chi connectivity index (χ1n) is 8.62. The maximum atomic E-state index is 13.3. The van der Waals surface area contributed by atoms with E-state index in [-0.39, 0.29) is 17.4 Å². The fourth-order valence-electron chi connectivity index (χ4n) is 3.69. The van der Waals surface area contributed by atoms with Crippen molar-refractivity contribution in [2.75, 3.05) is 0 Å². The predicted octanol–water partition coefficient (Wildman–Crippen LogP) is 6.09. The van der Waals surface area contributed by atoms with Crippen LogP contribution in [0.2, 0.25) is 0 Å². The van der Waals surface area contributed by atoms with Crippen molar-refractivity contribution in [3.05, 3.63) is 69.5 Å². The fraction of sp³-hybridized carbons (Fsp3) is 0.227. The zero-order valence-corrected chi connectivity index (χ0v) is 15.1. The average molecular weight is 350 g/mol. The first-order chi connectivity index (χ1) is 12.4. The summed E-state index contributed by atoms with van der Waals surface area (Å²) < 4.78 is 24.7. The van der Waals surface area contributed by atoms with Gasteiger partial charge < -0.3 is 8.83 Å². The maximum Gasteiger partial charge on any atom is 0.339 e. The van der Waals surface area contributed by atoms with Crippen LogP contribution in [-0.2, 0) is 0 Å². The lowest BCUT2D eigenvalue weighted by molar-refractivity contribution is 0.538. The van der Waals surface area contributed by atoms with Crippen LogP contribution in [-0.4, -0.2) is 0 Å². The molecule has 4 rings (SSSR count). The van der Waals surface area contributed by atoms with E-state index in [1.165, 1.54) is 12.1 Å². The summed E-state index contributed by atoms with van der Waals surface area (Å²) in [7, 11) is 0. The summed E-state index contributed by atoms with van der Waals surface area (Å²) in [4.78, 5) is 12.4. The van der Waals surface area contributed by atoms with Crippen LogP contribution < -0.4 is 5.63 Å². The number of fused-ring (bicyclic) bond motifs is 2. The van der Waals surface area contributed by atoms with Crippen molar-refractivity contribution in [3.63, 3.8) is 0 Å². The number of hydrogen-bond donors (Lipinski definition) is 0. The molecule has 0 aliphatic carbocycles. The third-order valence-electron chi connectivity index (χ3n) is 5.00. The van der Waals surface area contributed by atoms with Gasteiger partial charge in [0.25, 0.3) is 0 Å². The van der Waals surface area contributed by atoms with Crippen molar-refractivity contribution >= 4 is 21.9 Å². The molecule has 0 fully saturated rings. The molecule has 0 amide bonds. The lowest BCUT2D eigenvalue weighted by Gasteiger charge is -2.12. The second-order valence-corrected chi connectivity index (χ2v) is 6.99. The number of halogens is 1. The Balaban J connectivity index is 2.10. The molecule has 0 bridgehead atoms. The molecule has 2 aromatic carbocycles. The van der Waals surface area contributed by atoms with E-state index in [1.807, 2.05) is 33.8 Å². The Morgan fingerprint density at radius 1 is 0.962 bits per heavy atom. The summed E-state index contributed by atoms with van der Waals surface area (Å²) in [6.45, 7) is 7.81. The smallest absolute Gasteiger partial charge is 0.339 e. The number of aryl methyl sites for hydroxylation is 2. The lowest BCUT2D eigenvalue weighted by Crippen LogP contribution is -2.12. The van der Waals surface area contributed by atoms with Crippen molar-refractivity contribution in [3.8, 4) is 11.1 Å². The molecule has 2 aromatic heterocycles. The van der Waals surface area contributed by atoms with Gasteiger partial charge in [-0.3, -0.25) is 0 Å². The lowest BCUT2D eigenvalue weighted by atomic mass is 9.94. The zero-order chi connectivity index (χ0) is 18.6. The van der Waals surface area contributed by atoms with Crippen LogP contribution in [0.25, 0.3) is 33.1 Å². The summed E-state index contributed by atoms with van der Waals surface area (Å²) in [6.07, 6.45) is 1.67. The number of rotatable bonds is 2. The highest BCUT2D eigenvalue weighted by molar-refractivity contribution is 6.04. The first kappa shape index (κ1) is 16.6. The van der Waals surface area contributed by atoms with E-state index in [1.54, 1.807) is 18.4 Å². The first-order valence-corrected chi connectivity index (χ1v) is 8.62. The molecule has 0 unspecified atom stereocenters. The standard InChI is InChI=1S/C22H19FO3/c1-11(2)19-12(3)16-9-17-18(14-5-7-15(23)8-6-14)10-25-20(17)13(4)21(16)26-22(19)24/h5-11H,1-4H3. The van der Waals surface area contributed by atoms with Gasteiger partial charge in [0.1, 0.15) is 17.0 Å². The van der Waals surface area contributed by atoms with Crippen molar-refractivity contribution in [1.29, 1.82) is 0 Å². The number of benzene rings is 2. The molecule has 0 radical (unpaired) electrons. The third kappa shape index (κ3) is 2.37. The van der Waals surface area contributed by atoms with Crippen molar-refractivity contribution in [2.45, 2.75) is 33.6 Å². The van der Waals surface area contributed by atoms with Gasteiger partial charge in [0.2, 0.25) is 0 Å². The molecule has 4 aromatic rings. The van der Waals surface area contributed by atoms with Gasteiger partial charge in [-0.05, 0) is 49.1 Å². The minimum atomic E-state index is -0.294. The van der Waals surface area contributed by atoms with Gasteiger partial charge in [0.05, 0.1) is 6.26 Å². The van der Waals surface area contributed by atoms with Crippen LogP contribution in [0.3, 0.4) is 0 Å². The molecule has 0 N–H and O–H groups in total. The van der Waals surface area contributed by atoms with Crippen LogP contribution >= 0.6 is 0 Å². The minimum absolute atomic E-state index is 0.0765. The van der Waals surface area contributed by atoms with E-state index in [4.69, 9.17) is 8.83 Å². The Morgan fingerprint density at radius 3 is 2.31 bits per heavy atom. The summed E-state index contributed by atoms with van der Waals surface area (Å²) in [5, 5.41) is 1.83. The second kappa shape index (κ2) is 5.84. The van der Waals surface area contributed by atoms with Gasteiger partial charge in [0, 0.05) is 27.5 Å². The van der Waals surface area contributed by atoms with Crippen LogP contribution in [0.1, 0.15) is 36.5 Å². The highest BCUT2D eigenvalue weighted by Gasteiger charge is 2.20. The molecule has 3 nitrogen and oxygen atoms in total. The number of furan rings is 1. The Morgan fingerprint density at radius 2 is 1.65 bits per heavy atom. The molecule has 0 spiro atoms. The molecule has 132 valence electrons. The minimum Gasteiger partial charge on any atom is -0.463 e. The second-order valence-electron chi connectivity index (χ2n) is 6.99. The molecule has 26 heavy (non-hydrogen) atoms. The number of hydrogen-bond acceptors (Lipinski definition) is 3. The van der Waals surface area contributed by atoms with Crippen molar-refractivity contribution in [1.82, 2.24) is 0 Å². The molecule has 0 aliphatic heterocycles. The van der Waals surface area contributed by atoms with Crippen LogP contribution in [0, 0.1) is 19.7 Å². The van der Waals surface area contributed by atoms with E-state index in [2.05, 4.69) is 0 Å². The van der Waals surface area contributed by atoms with Gasteiger partial charge in [0.15, 0.2) is 0 Å². The van der Waals surface area contributed by atoms with Crippen molar-refractivity contribution in [2.24, 2.45) is 0 Å². The highest BCUT2D eigenvalue weighted by atomic mass is 19.1. The van der Waals surface area contributed by atoms with E-state index >= 15 is 0 Å². The Labute approximate surface area is 150 Å². The van der Waals surface area contributed by atoms with Crippen LogP contribution in [0.4, 0.5) is 4.39 Å². The van der Waals surface area contributed by atoms with Gasteiger partial charge >= 0.3 is 5.63 Å². The molecule has 0 aliphatic rings. The summed E-state index contributed by atoms with van der Waals surface area (Å²) in [5.74, 6) is -0.199. The van der Waals surface area contributed by atoms with E-state index in [0.29, 0.717) is 16.7 Å². The topological polar surface area (TPSA) is 43.4 Å². The summed E-state index contributed by atoms with van der Waals surface area (Å²) >= 11 is 0. The van der Waals surface area contributed by atoms with Crippen LogP contribution in [0.5, 0.6) is 0 Å². The predicted molar refractivity (Wildman–Crippen MR) is 101 cm³/mol. The largest absolute Gasteiger partial charge is 0.463 e. The van der Waals surface area contributed by atoms with Gasteiger partial charge in [-0.2, -0.15) is 0 Å². The van der Waals surface area contributed by atoms with E-state index in [9.17, 15) is 9.18 Å². The Kier molecular flexibility index (Phi) is 3.72. The molecular weight excluding hydrogens is 331 g/mol.